The molecule has 2 aromatic carbocycles. The van der Waals surface area contributed by atoms with Gasteiger partial charge in [-0.1, -0.05) is 42.5 Å². The van der Waals surface area contributed by atoms with E-state index in [1.807, 2.05) is 12.1 Å². The van der Waals surface area contributed by atoms with E-state index in [9.17, 15) is 4.79 Å². The lowest BCUT2D eigenvalue weighted by atomic mass is 10.0. The molecule has 0 aliphatic carbocycles. The summed E-state index contributed by atoms with van der Waals surface area (Å²) in [4.78, 5) is 14.8. The highest BCUT2D eigenvalue weighted by Gasteiger charge is 2.19. The van der Waals surface area contributed by atoms with Crippen LogP contribution in [-0.4, -0.2) is 32.2 Å². The summed E-state index contributed by atoms with van der Waals surface area (Å²) in [6.07, 6.45) is 0.712. The van der Waals surface area contributed by atoms with Gasteiger partial charge < -0.3 is 15.4 Å². The molecular weight excluding hydrogens is 332 g/mol. The van der Waals surface area contributed by atoms with Crippen molar-refractivity contribution < 1.29 is 9.53 Å². The molecule has 4 nitrogen and oxygen atoms in total. The maximum Gasteiger partial charge on any atom is 0.259 e. The van der Waals surface area contributed by atoms with Crippen molar-refractivity contribution in [3.63, 3.8) is 0 Å². The van der Waals surface area contributed by atoms with Crippen molar-refractivity contribution in [3.8, 4) is 0 Å². The van der Waals surface area contributed by atoms with Gasteiger partial charge >= 0.3 is 0 Å². The third-order valence-corrected chi connectivity index (χ3v) is 5.80. The number of thiophene rings is 1. The zero-order chi connectivity index (χ0) is 17.2. The summed E-state index contributed by atoms with van der Waals surface area (Å²) in [5.74, 6) is -0.347. The average Bonchev–Trinajstić information content (AvgIpc) is 3.06. The number of nitrogens with zero attached hydrogens (tertiary/aromatic N) is 1. The predicted octanol–water partition coefficient (Wildman–Crippen LogP) is 3.43. The molecule has 1 fully saturated rings. The second-order valence-electron chi connectivity index (χ2n) is 6.26. The zero-order valence-electron chi connectivity index (χ0n) is 13.9. The number of primary amides is 1. The smallest absolute Gasteiger partial charge is 0.259 e. The number of amides is 1. The van der Waals surface area contributed by atoms with E-state index in [1.165, 1.54) is 27.7 Å². The number of carbonyl (C=O) groups is 1. The van der Waals surface area contributed by atoms with Gasteiger partial charge in [-0.25, -0.2) is 0 Å². The van der Waals surface area contributed by atoms with Crippen molar-refractivity contribution in [1.29, 1.82) is 0 Å². The van der Waals surface area contributed by atoms with E-state index in [-0.39, 0.29) is 5.91 Å². The van der Waals surface area contributed by atoms with Crippen LogP contribution in [0.3, 0.4) is 0 Å². The van der Waals surface area contributed by atoms with Crippen molar-refractivity contribution in [3.05, 3.63) is 64.5 Å². The maximum absolute atomic E-state index is 11.9. The molecule has 0 atom stereocenters. The molecule has 0 unspecified atom stereocenters. The van der Waals surface area contributed by atoms with Gasteiger partial charge in [0.2, 0.25) is 0 Å². The molecule has 2 heterocycles. The Bertz CT molecular complexity index is 913. The Balaban J connectivity index is 1.65. The molecule has 128 valence electrons. The molecule has 5 heteroatoms. The molecule has 1 aromatic heterocycles. The summed E-state index contributed by atoms with van der Waals surface area (Å²) < 4.78 is 5.41. The third kappa shape index (κ3) is 3.38. The number of hydrogen-bond donors (Lipinski definition) is 1. The normalized spacial score (nSPS) is 14.8. The van der Waals surface area contributed by atoms with Gasteiger partial charge in [-0.15, -0.1) is 11.3 Å². The van der Waals surface area contributed by atoms with Gasteiger partial charge in [0.1, 0.15) is 0 Å². The highest BCUT2D eigenvalue weighted by atomic mass is 32.1. The molecule has 25 heavy (non-hydrogen) atoms. The first kappa shape index (κ1) is 16.1. The maximum atomic E-state index is 11.9. The van der Waals surface area contributed by atoms with Gasteiger partial charge in [0.25, 0.3) is 5.91 Å². The van der Waals surface area contributed by atoms with Crippen molar-refractivity contribution in [2.24, 2.45) is 5.73 Å². The van der Waals surface area contributed by atoms with E-state index in [0.29, 0.717) is 11.3 Å². The fraction of sp³-hybridized carbons (Fsp3) is 0.250. The summed E-state index contributed by atoms with van der Waals surface area (Å²) in [5.41, 5.74) is 7.83. The highest BCUT2D eigenvalue weighted by Crippen LogP contribution is 2.32. The number of morpholine rings is 1. The second-order valence-corrected chi connectivity index (χ2v) is 7.29. The first-order valence-corrected chi connectivity index (χ1v) is 9.25. The third-order valence-electron chi connectivity index (χ3n) is 4.55. The van der Waals surface area contributed by atoms with E-state index < -0.39 is 0 Å². The van der Waals surface area contributed by atoms with Crippen LogP contribution >= 0.6 is 11.3 Å². The van der Waals surface area contributed by atoms with Crippen LogP contribution in [0.25, 0.3) is 10.8 Å². The lowest BCUT2D eigenvalue weighted by molar-refractivity contribution is 0.100. The molecule has 1 amide bonds. The minimum absolute atomic E-state index is 0.347. The Hall–Kier alpha value is -2.37. The lowest BCUT2D eigenvalue weighted by Crippen LogP contribution is -2.35. The van der Waals surface area contributed by atoms with Crippen LogP contribution in [0.5, 0.6) is 0 Å². The molecule has 0 bridgehead atoms. The SMILES string of the molecule is NC(=O)c1sc(N2CCOCC2)cc1Cc1ccc2ccccc2c1. The van der Waals surface area contributed by atoms with E-state index >= 15 is 0 Å². The Morgan fingerprint density at radius 2 is 1.84 bits per heavy atom. The lowest BCUT2D eigenvalue weighted by Gasteiger charge is -2.27. The van der Waals surface area contributed by atoms with Gasteiger partial charge in [0, 0.05) is 13.1 Å². The van der Waals surface area contributed by atoms with Crippen LogP contribution in [-0.2, 0) is 11.2 Å². The number of benzene rings is 2. The molecule has 4 rings (SSSR count). The first-order chi connectivity index (χ1) is 12.2. The minimum atomic E-state index is -0.347. The molecule has 1 aliphatic rings. The summed E-state index contributed by atoms with van der Waals surface area (Å²) >= 11 is 1.49. The van der Waals surface area contributed by atoms with E-state index in [2.05, 4.69) is 41.3 Å². The number of rotatable bonds is 4. The quantitative estimate of drug-likeness (QED) is 0.783. The van der Waals surface area contributed by atoms with E-state index in [1.54, 1.807) is 0 Å². The monoisotopic (exact) mass is 352 g/mol. The van der Waals surface area contributed by atoms with Gasteiger partial charge in [-0.3, -0.25) is 4.79 Å². The van der Waals surface area contributed by atoms with Gasteiger partial charge in [0.05, 0.1) is 23.1 Å². The van der Waals surface area contributed by atoms with Crippen molar-refractivity contribution in [2.45, 2.75) is 6.42 Å². The Morgan fingerprint density at radius 3 is 2.60 bits per heavy atom. The fourth-order valence-electron chi connectivity index (χ4n) is 3.26. The van der Waals surface area contributed by atoms with Crippen molar-refractivity contribution >= 4 is 33.0 Å². The largest absolute Gasteiger partial charge is 0.378 e. The first-order valence-electron chi connectivity index (χ1n) is 8.43. The molecule has 1 saturated heterocycles. The van der Waals surface area contributed by atoms with E-state index in [4.69, 9.17) is 10.5 Å². The Kier molecular flexibility index (Phi) is 4.42. The Morgan fingerprint density at radius 1 is 1.08 bits per heavy atom. The molecule has 0 saturated carbocycles. The van der Waals surface area contributed by atoms with Gasteiger partial charge in [-0.2, -0.15) is 0 Å². The summed E-state index contributed by atoms with van der Waals surface area (Å²) in [6, 6.07) is 16.9. The zero-order valence-corrected chi connectivity index (χ0v) is 14.7. The van der Waals surface area contributed by atoms with Gasteiger partial charge in [0.15, 0.2) is 0 Å². The van der Waals surface area contributed by atoms with Crippen LogP contribution in [0.2, 0.25) is 0 Å². The molecule has 0 spiro atoms. The molecule has 1 aliphatic heterocycles. The second kappa shape index (κ2) is 6.86. The highest BCUT2D eigenvalue weighted by molar-refractivity contribution is 7.18. The summed E-state index contributed by atoms with van der Waals surface area (Å²) in [6.45, 7) is 3.16. The number of nitrogens with two attached hydrogens (primary N) is 1. The topological polar surface area (TPSA) is 55.6 Å². The fourth-order valence-corrected chi connectivity index (χ4v) is 4.35. The van der Waals surface area contributed by atoms with Gasteiger partial charge in [-0.05, 0) is 34.4 Å². The summed E-state index contributed by atoms with van der Waals surface area (Å²) in [7, 11) is 0. The van der Waals surface area contributed by atoms with Crippen molar-refractivity contribution in [2.75, 3.05) is 31.2 Å². The van der Waals surface area contributed by atoms with Crippen LogP contribution in [0.1, 0.15) is 20.8 Å². The summed E-state index contributed by atoms with van der Waals surface area (Å²) in [5, 5.41) is 3.54. The van der Waals surface area contributed by atoms with Crippen molar-refractivity contribution in [1.82, 2.24) is 0 Å². The van der Waals surface area contributed by atoms with Crippen LogP contribution in [0.15, 0.2) is 48.5 Å². The molecule has 2 N–H and O–H groups in total. The average molecular weight is 352 g/mol. The van der Waals surface area contributed by atoms with Crippen LogP contribution in [0.4, 0.5) is 5.00 Å². The standard InChI is InChI=1S/C20H20N2O2S/c21-20(23)19-17(13-18(25-19)22-7-9-24-10-8-22)12-14-5-6-15-3-1-2-4-16(15)11-14/h1-6,11,13H,7-10,12H2,(H2,21,23). The number of carbonyl (C=O) groups excluding carboxylic acids is 1. The number of anilines is 1. The Labute approximate surface area is 150 Å². The number of fused-ring (bicyclic) bond motifs is 1. The number of hydrogen-bond acceptors (Lipinski definition) is 4. The predicted molar refractivity (Wildman–Crippen MR) is 103 cm³/mol. The van der Waals surface area contributed by atoms with E-state index in [0.717, 1.165) is 36.9 Å². The molecule has 0 radical (unpaired) electrons. The number of ether oxygens (including phenoxy) is 1. The minimum Gasteiger partial charge on any atom is -0.378 e. The molecule has 3 aromatic rings. The van der Waals surface area contributed by atoms with Crippen LogP contribution < -0.4 is 10.6 Å². The molecular formula is C20H20N2O2S. The van der Waals surface area contributed by atoms with Crippen LogP contribution in [0, 0.1) is 0 Å².